The first-order chi connectivity index (χ1) is 24.0. The molecule has 50 heavy (non-hydrogen) atoms. The summed E-state index contributed by atoms with van der Waals surface area (Å²) in [6.07, 6.45) is 0. The topological polar surface area (TPSA) is 25.9 Å². The average molecular weight is 673 g/mol. The first-order valence-electron chi connectivity index (χ1n) is 17.8. The number of hydrogen-bond acceptors (Lipinski definition) is 8. The minimum atomic E-state index is 0.874. The van der Waals surface area contributed by atoms with E-state index in [4.69, 9.17) is 0 Å². The lowest BCUT2D eigenvalue weighted by atomic mass is 10.1. The summed E-state index contributed by atoms with van der Waals surface area (Å²) >= 11 is 0. The van der Waals surface area contributed by atoms with E-state index >= 15 is 0 Å². The SMILES string of the molecule is CN(C)c1ccc(CN2CCN(Cc3ccc(N(C)C)cc3)C2=C2N(Cc3ccc(N(C)C)cc3)CCN2Cc2ccc(N(C)C)cc2)cc1. The molecule has 0 N–H and O–H groups in total. The van der Waals surface area contributed by atoms with E-state index in [-0.39, 0.29) is 0 Å². The Kier molecular flexibility index (Phi) is 10.7. The van der Waals surface area contributed by atoms with Gasteiger partial charge in [-0.1, -0.05) is 48.5 Å². The highest BCUT2D eigenvalue weighted by Crippen LogP contribution is 2.35. The Morgan fingerprint density at radius 3 is 0.660 bits per heavy atom. The molecule has 0 saturated carbocycles. The van der Waals surface area contributed by atoms with Gasteiger partial charge in [0.1, 0.15) is 11.6 Å². The molecule has 0 aromatic heterocycles. The van der Waals surface area contributed by atoms with Crippen molar-refractivity contribution >= 4 is 22.7 Å². The van der Waals surface area contributed by atoms with Gasteiger partial charge in [0, 0.05) is 131 Å². The molecular weight excluding hydrogens is 617 g/mol. The molecule has 2 saturated heterocycles. The minimum absolute atomic E-state index is 0.874. The normalized spacial score (nSPS) is 14.6. The Hall–Kier alpha value is -4.98. The Labute approximate surface area is 301 Å². The van der Waals surface area contributed by atoms with Gasteiger partial charge in [0.15, 0.2) is 0 Å². The van der Waals surface area contributed by atoms with Gasteiger partial charge in [-0.15, -0.1) is 0 Å². The molecule has 0 spiro atoms. The summed E-state index contributed by atoms with van der Waals surface area (Å²) in [7, 11) is 16.8. The van der Waals surface area contributed by atoms with Crippen molar-refractivity contribution < 1.29 is 0 Å². The Morgan fingerprint density at radius 1 is 0.320 bits per heavy atom. The Morgan fingerprint density at radius 2 is 0.500 bits per heavy atom. The van der Waals surface area contributed by atoms with Crippen molar-refractivity contribution in [1.82, 2.24) is 19.6 Å². The van der Waals surface area contributed by atoms with Gasteiger partial charge in [0.25, 0.3) is 0 Å². The van der Waals surface area contributed by atoms with Crippen LogP contribution in [0.25, 0.3) is 0 Å². The van der Waals surface area contributed by atoms with Crippen molar-refractivity contribution in [2.75, 3.05) is 102 Å². The summed E-state index contributed by atoms with van der Waals surface area (Å²) in [5.41, 5.74) is 10.2. The van der Waals surface area contributed by atoms with Crippen LogP contribution in [0.4, 0.5) is 22.7 Å². The third kappa shape index (κ3) is 8.07. The molecule has 0 aliphatic carbocycles. The summed E-state index contributed by atoms with van der Waals surface area (Å²) < 4.78 is 0. The third-order valence-corrected chi connectivity index (χ3v) is 9.98. The maximum Gasteiger partial charge on any atom is 0.146 e. The van der Waals surface area contributed by atoms with Gasteiger partial charge >= 0.3 is 0 Å². The van der Waals surface area contributed by atoms with Crippen LogP contribution in [0.1, 0.15) is 22.3 Å². The lowest BCUT2D eigenvalue weighted by Crippen LogP contribution is -2.33. The number of nitrogens with zero attached hydrogens (tertiary/aromatic N) is 8. The molecule has 0 unspecified atom stereocenters. The predicted molar refractivity (Wildman–Crippen MR) is 212 cm³/mol. The smallest absolute Gasteiger partial charge is 0.146 e. The first kappa shape index (κ1) is 34.9. The second kappa shape index (κ2) is 15.3. The molecule has 2 fully saturated rings. The molecule has 8 nitrogen and oxygen atoms in total. The van der Waals surface area contributed by atoms with Crippen molar-refractivity contribution in [3.05, 3.63) is 131 Å². The van der Waals surface area contributed by atoms with Crippen LogP contribution in [0.5, 0.6) is 0 Å². The Bertz CT molecular complexity index is 1450. The first-order valence-corrected chi connectivity index (χ1v) is 17.8. The molecule has 0 amide bonds. The second-order valence-corrected chi connectivity index (χ2v) is 14.6. The molecule has 4 aromatic rings. The van der Waals surface area contributed by atoms with E-state index in [1.165, 1.54) is 56.6 Å². The number of hydrogen-bond donors (Lipinski definition) is 0. The predicted octanol–water partition coefficient (Wildman–Crippen LogP) is 6.41. The van der Waals surface area contributed by atoms with Gasteiger partial charge in [-0.25, -0.2) is 0 Å². The summed E-state index contributed by atoms with van der Waals surface area (Å²) in [5.74, 6) is 2.68. The van der Waals surface area contributed by atoms with Crippen molar-refractivity contribution in [2.24, 2.45) is 0 Å². The average Bonchev–Trinajstić information content (AvgIpc) is 3.67. The summed E-state index contributed by atoms with van der Waals surface area (Å²) in [6, 6.07) is 36.3. The van der Waals surface area contributed by atoms with Crippen LogP contribution in [0.2, 0.25) is 0 Å². The molecule has 0 bridgehead atoms. The zero-order chi connectivity index (χ0) is 35.4. The molecule has 2 aliphatic heterocycles. The summed E-state index contributed by atoms with van der Waals surface area (Å²) in [5, 5.41) is 0. The van der Waals surface area contributed by atoms with Crippen LogP contribution in [-0.4, -0.2) is 102 Å². The van der Waals surface area contributed by atoms with Crippen LogP contribution < -0.4 is 19.6 Å². The highest BCUT2D eigenvalue weighted by molar-refractivity contribution is 5.49. The largest absolute Gasteiger partial charge is 0.378 e. The summed E-state index contributed by atoms with van der Waals surface area (Å²) in [6.45, 7) is 7.45. The van der Waals surface area contributed by atoms with Gasteiger partial charge in [-0.2, -0.15) is 0 Å². The minimum Gasteiger partial charge on any atom is -0.378 e. The van der Waals surface area contributed by atoms with E-state index in [0.717, 1.165) is 52.4 Å². The van der Waals surface area contributed by atoms with E-state index in [1.54, 1.807) is 0 Å². The monoisotopic (exact) mass is 672 g/mol. The molecule has 0 radical (unpaired) electrons. The van der Waals surface area contributed by atoms with Crippen LogP contribution >= 0.6 is 0 Å². The zero-order valence-electron chi connectivity index (χ0n) is 31.5. The van der Waals surface area contributed by atoms with Crippen LogP contribution in [0.15, 0.2) is 109 Å². The molecule has 8 heteroatoms. The van der Waals surface area contributed by atoms with Gasteiger partial charge < -0.3 is 39.2 Å². The van der Waals surface area contributed by atoms with E-state index in [0.29, 0.717) is 0 Å². The van der Waals surface area contributed by atoms with Gasteiger partial charge in [-0.05, 0) is 70.8 Å². The second-order valence-electron chi connectivity index (χ2n) is 14.6. The van der Waals surface area contributed by atoms with Crippen molar-refractivity contribution in [3.63, 3.8) is 0 Å². The maximum absolute atomic E-state index is 2.63. The van der Waals surface area contributed by atoms with Crippen molar-refractivity contribution in [2.45, 2.75) is 26.2 Å². The number of benzene rings is 4. The molecule has 2 heterocycles. The molecule has 2 aliphatic rings. The fraction of sp³-hybridized carbons (Fsp3) is 0.381. The van der Waals surface area contributed by atoms with Crippen molar-refractivity contribution in [3.8, 4) is 0 Å². The van der Waals surface area contributed by atoms with E-state index in [1.807, 2.05) is 0 Å². The van der Waals surface area contributed by atoms with Crippen LogP contribution in [-0.2, 0) is 26.2 Å². The quantitative estimate of drug-likeness (QED) is 0.170. The number of rotatable bonds is 12. The lowest BCUT2D eigenvalue weighted by Gasteiger charge is -2.34. The van der Waals surface area contributed by atoms with Gasteiger partial charge in [0.2, 0.25) is 0 Å². The standard InChI is InChI=1S/C42H56N8/c1-43(2)37-17-9-33(10-18-37)29-47-25-26-48(30-34-11-19-38(20-12-34)44(3)4)41(47)42-49(31-35-13-21-39(22-14-35)45(5)6)27-28-50(42)32-36-15-23-40(24-16-36)46(7)8/h9-24H,25-32H2,1-8H3. The molecule has 6 rings (SSSR count). The molecular formula is C42H56N8. The third-order valence-electron chi connectivity index (χ3n) is 9.98. The Balaban J connectivity index is 1.39. The van der Waals surface area contributed by atoms with E-state index < -0.39 is 0 Å². The lowest BCUT2D eigenvalue weighted by molar-refractivity contribution is 0.245. The maximum atomic E-state index is 2.63. The van der Waals surface area contributed by atoms with E-state index in [9.17, 15) is 0 Å². The van der Waals surface area contributed by atoms with Gasteiger partial charge in [0.05, 0.1) is 0 Å². The van der Waals surface area contributed by atoms with Crippen molar-refractivity contribution in [1.29, 1.82) is 0 Å². The highest BCUT2D eigenvalue weighted by atomic mass is 15.5. The molecule has 0 atom stereocenters. The molecule has 264 valence electrons. The van der Waals surface area contributed by atoms with Crippen LogP contribution in [0.3, 0.4) is 0 Å². The summed E-state index contributed by atoms with van der Waals surface area (Å²) in [4.78, 5) is 19.2. The van der Waals surface area contributed by atoms with Crippen LogP contribution in [0, 0.1) is 0 Å². The molecule has 4 aromatic carbocycles. The fourth-order valence-electron chi connectivity index (χ4n) is 6.97. The fourth-order valence-corrected chi connectivity index (χ4v) is 6.97. The zero-order valence-corrected chi connectivity index (χ0v) is 31.5. The number of anilines is 4. The van der Waals surface area contributed by atoms with Gasteiger partial charge in [-0.3, -0.25) is 0 Å². The highest BCUT2D eigenvalue weighted by Gasteiger charge is 2.36. The van der Waals surface area contributed by atoms with E-state index in [2.05, 4.69) is 193 Å².